The molecule has 0 atom stereocenters. The third kappa shape index (κ3) is 5.76. The van der Waals surface area contributed by atoms with E-state index in [9.17, 15) is 9.59 Å². The van der Waals surface area contributed by atoms with E-state index in [1.807, 2.05) is 54.8 Å². The zero-order valence-electron chi connectivity index (χ0n) is 16.1. The van der Waals surface area contributed by atoms with Gasteiger partial charge in [0, 0.05) is 5.69 Å². The first kappa shape index (κ1) is 20.3. The number of amides is 2. The van der Waals surface area contributed by atoms with Crippen molar-refractivity contribution in [1.82, 2.24) is 5.43 Å². The van der Waals surface area contributed by atoms with Gasteiger partial charge in [-0.1, -0.05) is 30.3 Å². The number of benzene rings is 2. The lowest BCUT2D eigenvalue weighted by atomic mass is 10.1. The fourth-order valence-corrected chi connectivity index (χ4v) is 3.19. The van der Waals surface area contributed by atoms with Gasteiger partial charge in [0.25, 0.3) is 5.91 Å². The highest BCUT2D eigenvalue weighted by Crippen LogP contribution is 2.15. The monoisotopic (exact) mass is 407 g/mol. The van der Waals surface area contributed by atoms with E-state index in [4.69, 9.17) is 4.74 Å². The van der Waals surface area contributed by atoms with Crippen molar-refractivity contribution in [1.29, 1.82) is 0 Å². The zero-order valence-corrected chi connectivity index (χ0v) is 17.0. The smallest absolute Gasteiger partial charge is 0.265 e. The molecule has 29 heavy (non-hydrogen) atoms. The lowest BCUT2D eigenvalue weighted by molar-refractivity contribution is -0.120. The van der Waals surface area contributed by atoms with Crippen LogP contribution < -0.4 is 15.5 Å². The topological polar surface area (TPSA) is 79.8 Å². The molecule has 0 radical (unpaired) electrons. The Morgan fingerprint density at radius 2 is 1.76 bits per heavy atom. The summed E-state index contributed by atoms with van der Waals surface area (Å²) < 4.78 is 5.11. The van der Waals surface area contributed by atoms with Crippen molar-refractivity contribution >= 4 is 34.6 Å². The number of nitrogens with zero attached hydrogens (tertiary/aromatic N) is 1. The fraction of sp³-hybridized carbons (Fsp3) is 0.136. The Bertz CT molecular complexity index is 995. The summed E-state index contributed by atoms with van der Waals surface area (Å²) in [7, 11) is 1.60. The zero-order chi connectivity index (χ0) is 20.6. The van der Waals surface area contributed by atoms with Crippen LogP contribution in [0, 0.1) is 0 Å². The van der Waals surface area contributed by atoms with E-state index in [2.05, 4.69) is 15.8 Å². The van der Waals surface area contributed by atoms with Gasteiger partial charge in [-0.15, -0.1) is 11.3 Å². The Morgan fingerprint density at radius 3 is 2.38 bits per heavy atom. The first-order valence-electron chi connectivity index (χ1n) is 8.96. The number of rotatable bonds is 7. The standard InChI is InChI=1S/C22H21N3O3S/c1-15(24-25-21(26)14-16-5-11-19(28-2)12-6-16)17-7-9-18(10-8-17)23-22(27)20-4-3-13-29-20/h3-13H,14H2,1-2H3,(H,23,27)(H,25,26)/b24-15+. The summed E-state index contributed by atoms with van der Waals surface area (Å²) in [5.74, 6) is 0.413. The quantitative estimate of drug-likeness (QED) is 0.457. The highest BCUT2D eigenvalue weighted by Gasteiger charge is 2.07. The lowest BCUT2D eigenvalue weighted by Crippen LogP contribution is -2.21. The van der Waals surface area contributed by atoms with E-state index in [0.29, 0.717) is 16.3 Å². The maximum absolute atomic E-state index is 12.1. The minimum atomic E-state index is -0.200. The molecule has 0 aliphatic carbocycles. The first-order chi connectivity index (χ1) is 14.0. The molecule has 7 heteroatoms. The summed E-state index contributed by atoms with van der Waals surface area (Å²) in [5, 5.41) is 8.87. The Hall–Kier alpha value is -3.45. The summed E-state index contributed by atoms with van der Waals surface area (Å²) in [5.41, 5.74) is 5.67. The third-order valence-corrected chi connectivity index (χ3v) is 5.05. The highest BCUT2D eigenvalue weighted by atomic mass is 32.1. The molecule has 0 saturated heterocycles. The maximum atomic E-state index is 12.1. The molecule has 3 rings (SSSR count). The minimum absolute atomic E-state index is 0.135. The van der Waals surface area contributed by atoms with E-state index in [0.717, 1.165) is 16.9 Å². The average Bonchev–Trinajstić information content (AvgIpc) is 3.28. The number of anilines is 1. The van der Waals surface area contributed by atoms with Crippen LogP contribution in [-0.4, -0.2) is 24.6 Å². The summed E-state index contributed by atoms with van der Waals surface area (Å²) in [6, 6.07) is 18.2. The Labute approximate surface area is 173 Å². The van der Waals surface area contributed by atoms with Gasteiger partial charge in [-0.2, -0.15) is 5.10 Å². The Balaban J connectivity index is 1.54. The lowest BCUT2D eigenvalue weighted by Gasteiger charge is -2.06. The molecule has 0 bridgehead atoms. The van der Waals surface area contributed by atoms with Gasteiger partial charge in [0.1, 0.15) is 5.75 Å². The molecule has 0 aliphatic rings. The molecule has 2 N–H and O–H groups in total. The second-order valence-corrected chi connectivity index (χ2v) is 7.21. The molecule has 1 heterocycles. The molecular formula is C22H21N3O3S. The van der Waals surface area contributed by atoms with Crippen LogP contribution in [0.5, 0.6) is 5.75 Å². The van der Waals surface area contributed by atoms with E-state index < -0.39 is 0 Å². The summed E-state index contributed by atoms with van der Waals surface area (Å²) >= 11 is 1.39. The molecule has 0 spiro atoms. The van der Waals surface area contributed by atoms with Crippen LogP contribution in [0.15, 0.2) is 71.1 Å². The largest absolute Gasteiger partial charge is 0.497 e. The maximum Gasteiger partial charge on any atom is 0.265 e. The van der Waals surface area contributed by atoms with Crippen molar-refractivity contribution in [3.05, 3.63) is 82.0 Å². The predicted molar refractivity (Wildman–Crippen MR) is 116 cm³/mol. The van der Waals surface area contributed by atoms with Crippen molar-refractivity contribution in [3.63, 3.8) is 0 Å². The number of thiophene rings is 1. The van der Waals surface area contributed by atoms with Crippen molar-refractivity contribution in [2.75, 3.05) is 12.4 Å². The normalized spacial score (nSPS) is 11.0. The number of hydrogen-bond acceptors (Lipinski definition) is 5. The molecule has 6 nitrogen and oxygen atoms in total. The molecule has 2 amide bonds. The predicted octanol–water partition coefficient (Wildman–Crippen LogP) is 4.09. The SMILES string of the molecule is COc1ccc(CC(=O)N/N=C(\C)c2ccc(NC(=O)c3cccs3)cc2)cc1. The van der Waals surface area contributed by atoms with Crippen LogP contribution in [0.25, 0.3) is 0 Å². The number of carbonyl (C=O) groups is 2. The van der Waals surface area contributed by atoms with Gasteiger partial charge in [0.2, 0.25) is 5.91 Å². The molecule has 3 aromatic rings. The fourth-order valence-electron chi connectivity index (χ4n) is 2.57. The van der Waals surface area contributed by atoms with Gasteiger partial charge >= 0.3 is 0 Å². The molecule has 1 aromatic heterocycles. The molecule has 2 aromatic carbocycles. The number of ether oxygens (including phenoxy) is 1. The molecule has 0 aliphatic heterocycles. The Kier molecular flexibility index (Phi) is 6.76. The summed E-state index contributed by atoms with van der Waals surface area (Å²) in [4.78, 5) is 24.8. The van der Waals surface area contributed by atoms with E-state index in [-0.39, 0.29) is 18.2 Å². The second-order valence-electron chi connectivity index (χ2n) is 6.27. The molecule has 0 unspecified atom stereocenters. The van der Waals surface area contributed by atoms with Crippen molar-refractivity contribution in [3.8, 4) is 5.75 Å². The van der Waals surface area contributed by atoms with Crippen molar-refractivity contribution < 1.29 is 14.3 Å². The molecule has 0 fully saturated rings. The van der Waals surface area contributed by atoms with Crippen LogP contribution >= 0.6 is 11.3 Å². The van der Waals surface area contributed by atoms with Crippen LogP contribution in [-0.2, 0) is 11.2 Å². The third-order valence-electron chi connectivity index (χ3n) is 4.18. The molecular weight excluding hydrogens is 386 g/mol. The number of carbonyl (C=O) groups excluding carboxylic acids is 2. The van der Waals surface area contributed by atoms with E-state index in [1.54, 1.807) is 25.3 Å². The van der Waals surface area contributed by atoms with Gasteiger partial charge in [-0.3, -0.25) is 9.59 Å². The van der Waals surface area contributed by atoms with Gasteiger partial charge in [0.15, 0.2) is 0 Å². The summed E-state index contributed by atoms with van der Waals surface area (Å²) in [6.07, 6.45) is 0.231. The number of methoxy groups -OCH3 is 1. The molecule has 148 valence electrons. The number of nitrogens with one attached hydrogen (secondary N) is 2. The van der Waals surface area contributed by atoms with Crippen molar-refractivity contribution in [2.45, 2.75) is 13.3 Å². The van der Waals surface area contributed by atoms with Crippen LogP contribution in [0.1, 0.15) is 27.7 Å². The van der Waals surface area contributed by atoms with Crippen LogP contribution in [0.2, 0.25) is 0 Å². The van der Waals surface area contributed by atoms with Gasteiger partial charge in [-0.05, 0) is 53.8 Å². The van der Waals surface area contributed by atoms with Gasteiger partial charge in [0.05, 0.1) is 24.1 Å². The Morgan fingerprint density at radius 1 is 1.03 bits per heavy atom. The number of hydrogen-bond donors (Lipinski definition) is 2. The highest BCUT2D eigenvalue weighted by molar-refractivity contribution is 7.12. The van der Waals surface area contributed by atoms with E-state index in [1.165, 1.54) is 11.3 Å². The van der Waals surface area contributed by atoms with Crippen molar-refractivity contribution in [2.24, 2.45) is 5.10 Å². The minimum Gasteiger partial charge on any atom is -0.497 e. The van der Waals surface area contributed by atoms with Gasteiger partial charge in [-0.25, -0.2) is 5.43 Å². The van der Waals surface area contributed by atoms with Gasteiger partial charge < -0.3 is 10.1 Å². The second kappa shape index (κ2) is 9.66. The molecule has 0 saturated carbocycles. The van der Waals surface area contributed by atoms with Crippen LogP contribution in [0.3, 0.4) is 0 Å². The van der Waals surface area contributed by atoms with E-state index >= 15 is 0 Å². The number of hydrazone groups is 1. The average molecular weight is 407 g/mol. The first-order valence-corrected chi connectivity index (χ1v) is 9.84. The summed E-state index contributed by atoms with van der Waals surface area (Å²) in [6.45, 7) is 1.81. The van der Waals surface area contributed by atoms with Crippen LogP contribution in [0.4, 0.5) is 5.69 Å².